The first-order chi connectivity index (χ1) is 10.3. The van der Waals surface area contributed by atoms with Crippen LogP contribution in [0, 0.1) is 0 Å². The SMILES string of the molecule is CNCc1c(CN(C)Cc2ccco2)oc2ccccc12. The molecule has 4 heteroatoms. The average molecular weight is 284 g/mol. The Morgan fingerprint density at radius 2 is 1.95 bits per heavy atom. The Hall–Kier alpha value is -2.04. The number of para-hydroxylation sites is 1. The zero-order chi connectivity index (χ0) is 14.7. The number of furan rings is 2. The minimum absolute atomic E-state index is 0.756. The molecule has 1 aromatic carbocycles. The van der Waals surface area contributed by atoms with Crippen LogP contribution in [0.15, 0.2) is 51.5 Å². The fraction of sp³-hybridized carbons (Fsp3) is 0.294. The van der Waals surface area contributed by atoms with Gasteiger partial charge in [0.25, 0.3) is 0 Å². The van der Waals surface area contributed by atoms with E-state index in [1.165, 1.54) is 10.9 Å². The van der Waals surface area contributed by atoms with Crippen LogP contribution in [0.1, 0.15) is 17.1 Å². The van der Waals surface area contributed by atoms with Crippen molar-refractivity contribution in [2.24, 2.45) is 0 Å². The monoisotopic (exact) mass is 284 g/mol. The second-order valence-electron chi connectivity index (χ2n) is 5.28. The van der Waals surface area contributed by atoms with E-state index in [4.69, 9.17) is 8.83 Å². The van der Waals surface area contributed by atoms with E-state index >= 15 is 0 Å². The molecule has 3 aromatic rings. The molecule has 0 saturated heterocycles. The second-order valence-corrected chi connectivity index (χ2v) is 5.28. The van der Waals surface area contributed by atoms with E-state index in [2.05, 4.69) is 23.3 Å². The third-order valence-corrected chi connectivity index (χ3v) is 3.55. The molecule has 110 valence electrons. The van der Waals surface area contributed by atoms with Gasteiger partial charge in [-0.05, 0) is 32.3 Å². The van der Waals surface area contributed by atoms with Gasteiger partial charge in [0.2, 0.25) is 0 Å². The van der Waals surface area contributed by atoms with Crippen LogP contribution in [0.2, 0.25) is 0 Å². The Labute approximate surface area is 124 Å². The Bertz CT molecular complexity index is 701. The van der Waals surface area contributed by atoms with Crippen LogP contribution in [0.25, 0.3) is 11.0 Å². The first kappa shape index (κ1) is 13.9. The van der Waals surface area contributed by atoms with Gasteiger partial charge >= 0.3 is 0 Å². The number of rotatable bonds is 6. The fourth-order valence-electron chi connectivity index (χ4n) is 2.62. The van der Waals surface area contributed by atoms with Crippen LogP contribution in [0.3, 0.4) is 0 Å². The fourth-order valence-corrected chi connectivity index (χ4v) is 2.62. The van der Waals surface area contributed by atoms with Crippen molar-refractivity contribution in [1.82, 2.24) is 10.2 Å². The number of hydrogen-bond donors (Lipinski definition) is 1. The average Bonchev–Trinajstić information content (AvgIpc) is 3.08. The number of nitrogens with zero attached hydrogens (tertiary/aromatic N) is 1. The molecule has 0 radical (unpaired) electrons. The van der Waals surface area contributed by atoms with E-state index in [0.717, 1.165) is 36.7 Å². The number of hydrogen-bond acceptors (Lipinski definition) is 4. The lowest BCUT2D eigenvalue weighted by atomic mass is 10.1. The van der Waals surface area contributed by atoms with Crippen LogP contribution in [-0.4, -0.2) is 19.0 Å². The summed E-state index contributed by atoms with van der Waals surface area (Å²) in [6.07, 6.45) is 1.71. The topological polar surface area (TPSA) is 41.5 Å². The molecule has 0 aliphatic carbocycles. The Morgan fingerprint density at radius 1 is 1.10 bits per heavy atom. The molecule has 0 spiro atoms. The summed E-state index contributed by atoms with van der Waals surface area (Å²) in [4.78, 5) is 2.19. The van der Waals surface area contributed by atoms with Gasteiger partial charge in [0.05, 0.1) is 19.4 Å². The van der Waals surface area contributed by atoms with Gasteiger partial charge in [0, 0.05) is 17.5 Å². The molecule has 1 N–H and O–H groups in total. The molecule has 4 nitrogen and oxygen atoms in total. The van der Waals surface area contributed by atoms with E-state index < -0.39 is 0 Å². The van der Waals surface area contributed by atoms with Crippen molar-refractivity contribution in [3.63, 3.8) is 0 Å². The van der Waals surface area contributed by atoms with Gasteiger partial charge in [0.15, 0.2) is 0 Å². The third kappa shape index (κ3) is 3.01. The van der Waals surface area contributed by atoms with Crippen molar-refractivity contribution in [2.45, 2.75) is 19.6 Å². The van der Waals surface area contributed by atoms with Crippen molar-refractivity contribution in [3.05, 3.63) is 59.7 Å². The summed E-state index contributed by atoms with van der Waals surface area (Å²) in [6.45, 7) is 2.33. The lowest BCUT2D eigenvalue weighted by Gasteiger charge is -2.14. The zero-order valence-electron chi connectivity index (χ0n) is 12.4. The molecule has 0 aliphatic heterocycles. The molecule has 0 saturated carbocycles. The summed E-state index contributed by atoms with van der Waals surface area (Å²) in [5.41, 5.74) is 2.18. The number of fused-ring (bicyclic) bond motifs is 1. The van der Waals surface area contributed by atoms with Crippen molar-refractivity contribution < 1.29 is 8.83 Å². The molecule has 0 amide bonds. The Morgan fingerprint density at radius 3 is 2.71 bits per heavy atom. The maximum absolute atomic E-state index is 6.03. The molecule has 0 unspecified atom stereocenters. The molecular formula is C17H20N2O2. The Balaban J connectivity index is 1.83. The van der Waals surface area contributed by atoms with E-state index in [9.17, 15) is 0 Å². The van der Waals surface area contributed by atoms with E-state index in [-0.39, 0.29) is 0 Å². The van der Waals surface area contributed by atoms with Crippen LogP contribution >= 0.6 is 0 Å². The van der Waals surface area contributed by atoms with Crippen LogP contribution < -0.4 is 5.32 Å². The van der Waals surface area contributed by atoms with Gasteiger partial charge in [0.1, 0.15) is 17.1 Å². The molecule has 0 fully saturated rings. The lowest BCUT2D eigenvalue weighted by Crippen LogP contribution is -2.18. The molecule has 2 aromatic heterocycles. The number of benzene rings is 1. The van der Waals surface area contributed by atoms with Gasteiger partial charge in [-0.2, -0.15) is 0 Å². The summed E-state index contributed by atoms with van der Waals surface area (Å²) in [5.74, 6) is 1.98. The van der Waals surface area contributed by atoms with Crippen molar-refractivity contribution in [1.29, 1.82) is 0 Å². The predicted octanol–water partition coefficient (Wildman–Crippen LogP) is 3.38. The molecule has 2 heterocycles. The van der Waals surface area contributed by atoms with Gasteiger partial charge in [-0.3, -0.25) is 4.90 Å². The van der Waals surface area contributed by atoms with Crippen molar-refractivity contribution in [3.8, 4) is 0 Å². The summed E-state index contributed by atoms with van der Waals surface area (Å²) in [6, 6.07) is 12.1. The quantitative estimate of drug-likeness (QED) is 0.753. The van der Waals surface area contributed by atoms with E-state index in [1.807, 2.05) is 37.4 Å². The first-order valence-corrected chi connectivity index (χ1v) is 7.12. The highest BCUT2D eigenvalue weighted by Gasteiger charge is 2.15. The molecule has 0 aliphatic rings. The van der Waals surface area contributed by atoms with Gasteiger partial charge in [-0.15, -0.1) is 0 Å². The van der Waals surface area contributed by atoms with Gasteiger partial charge < -0.3 is 14.2 Å². The molecule has 3 rings (SSSR count). The minimum atomic E-state index is 0.756. The normalized spacial score (nSPS) is 11.6. The smallest absolute Gasteiger partial charge is 0.134 e. The highest BCUT2D eigenvalue weighted by molar-refractivity contribution is 5.82. The summed E-state index contributed by atoms with van der Waals surface area (Å²) in [7, 11) is 4.02. The molecule has 0 atom stereocenters. The van der Waals surface area contributed by atoms with Crippen molar-refractivity contribution >= 4 is 11.0 Å². The number of nitrogens with one attached hydrogen (secondary N) is 1. The molecular weight excluding hydrogens is 264 g/mol. The minimum Gasteiger partial charge on any atom is -0.468 e. The third-order valence-electron chi connectivity index (χ3n) is 3.55. The van der Waals surface area contributed by atoms with Crippen LogP contribution in [0.4, 0.5) is 0 Å². The van der Waals surface area contributed by atoms with Gasteiger partial charge in [-0.25, -0.2) is 0 Å². The standard InChI is InChI=1S/C17H20N2O2/c1-18-10-15-14-7-3-4-8-16(14)21-17(15)12-19(2)11-13-6-5-9-20-13/h3-9,18H,10-12H2,1-2H3. The van der Waals surface area contributed by atoms with Crippen LogP contribution in [-0.2, 0) is 19.6 Å². The predicted molar refractivity (Wildman–Crippen MR) is 82.9 cm³/mol. The van der Waals surface area contributed by atoms with Gasteiger partial charge in [-0.1, -0.05) is 18.2 Å². The van der Waals surface area contributed by atoms with Crippen molar-refractivity contribution in [2.75, 3.05) is 14.1 Å². The maximum Gasteiger partial charge on any atom is 0.134 e. The van der Waals surface area contributed by atoms with Crippen LogP contribution in [0.5, 0.6) is 0 Å². The molecule has 0 bridgehead atoms. The summed E-state index contributed by atoms with van der Waals surface area (Å²) >= 11 is 0. The van der Waals surface area contributed by atoms with E-state index in [0.29, 0.717) is 0 Å². The summed E-state index contributed by atoms with van der Waals surface area (Å²) < 4.78 is 11.4. The largest absolute Gasteiger partial charge is 0.468 e. The highest BCUT2D eigenvalue weighted by Crippen LogP contribution is 2.27. The molecule has 21 heavy (non-hydrogen) atoms. The second kappa shape index (κ2) is 6.16. The lowest BCUT2D eigenvalue weighted by molar-refractivity contribution is 0.266. The maximum atomic E-state index is 6.03. The zero-order valence-corrected chi connectivity index (χ0v) is 12.4. The summed E-state index contributed by atoms with van der Waals surface area (Å²) in [5, 5.41) is 4.41. The van der Waals surface area contributed by atoms with E-state index in [1.54, 1.807) is 6.26 Å². The Kier molecular flexibility index (Phi) is 4.08. The first-order valence-electron chi connectivity index (χ1n) is 7.12. The highest BCUT2D eigenvalue weighted by atomic mass is 16.3.